The maximum absolute atomic E-state index is 12.6. The van der Waals surface area contributed by atoms with Crippen LogP contribution in [0.2, 0.25) is 0 Å². The van der Waals surface area contributed by atoms with Crippen LogP contribution in [-0.2, 0) is 14.3 Å². The molecule has 0 bridgehead atoms. The highest BCUT2D eigenvalue weighted by atomic mass is 16.5. The van der Waals surface area contributed by atoms with Crippen LogP contribution in [0.3, 0.4) is 0 Å². The van der Waals surface area contributed by atoms with Gasteiger partial charge in [0.25, 0.3) is 0 Å². The maximum atomic E-state index is 12.6. The SMILES string of the molecule is C=CC[C@]1(C(=O)O)CCCN(C(=O)C2(COC)CC2)C1. The molecule has 0 unspecified atom stereocenters. The first kappa shape index (κ1) is 15.0. The van der Waals surface area contributed by atoms with Crippen LogP contribution in [0.5, 0.6) is 0 Å². The fourth-order valence-corrected chi connectivity index (χ4v) is 3.19. The van der Waals surface area contributed by atoms with Crippen molar-refractivity contribution in [2.24, 2.45) is 10.8 Å². The third-order valence-electron chi connectivity index (χ3n) is 4.58. The molecule has 2 fully saturated rings. The number of aliphatic carboxylic acids is 1. The fourth-order valence-electron chi connectivity index (χ4n) is 3.19. The topological polar surface area (TPSA) is 66.8 Å². The number of hydrogen-bond acceptors (Lipinski definition) is 3. The number of carboxylic acids is 1. The third kappa shape index (κ3) is 2.59. The highest BCUT2D eigenvalue weighted by Crippen LogP contribution is 2.48. The first-order chi connectivity index (χ1) is 9.49. The molecule has 1 heterocycles. The molecular formula is C15H23NO4. The van der Waals surface area contributed by atoms with Crippen LogP contribution in [0.1, 0.15) is 32.1 Å². The lowest BCUT2D eigenvalue weighted by Gasteiger charge is -2.40. The van der Waals surface area contributed by atoms with Crippen LogP contribution in [0.25, 0.3) is 0 Å². The zero-order chi connectivity index (χ0) is 14.8. The summed E-state index contributed by atoms with van der Waals surface area (Å²) in [5.74, 6) is -0.764. The number of rotatable bonds is 6. The first-order valence-corrected chi connectivity index (χ1v) is 7.12. The Hall–Kier alpha value is -1.36. The number of carbonyl (C=O) groups excluding carboxylic acids is 1. The van der Waals surface area contributed by atoms with Gasteiger partial charge < -0.3 is 14.7 Å². The van der Waals surface area contributed by atoms with E-state index in [9.17, 15) is 14.7 Å². The Kier molecular flexibility index (Phi) is 4.18. The van der Waals surface area contributed by atoms with Gasteiger partial charge in [0.2, 0.25) is 5.91 Å². The Labute approximate surface area is 119 Å². The summed E-state index contributed by atoms with van der Waals surface area (Å²) in [6, 6.07) is 0. The van der Waals surface area contributed by atoms with Crippen molar-refractivity contribution < 1.29 is 19.4 Å². The Bertz CT molecular complexity index is 416. The van der Waals surface area contributed by atoms with E-state index < -0.39 is 11.4 Å². The quantitative estimate of drug-likeness (QED) is 0.752. The molecule has 0 spiro atoms. The summed E-state index contributed by atoms with van der Waals surface area (Å²) in [6.45, 7) is 5.03. The standard InChI is InChI=1S/C15H23NO4/c1-3-5-14(13(18)19)6-4-9-16(10-14)12(17)15(7-8-15)11-20-2/h3H,1,4-11H2,2H3,(H,18,19)/t14-/m0/s1. The van der Waals surface area contributed by atoms with Crippen molar-refractivity contribution in [1.29, 1.82) is 0 Å². The first-order valence-electron chi connectivity index (χ1n) is 7.12. The molecule has 1 aliphatic heterocycles. The van der Waals surface area contributed by atoms with Gasteiger partial charge in [-0.05, 0) is 32.1 Å². The van der Waals surface area contributed by atoms with Gasteiger partial charge in [0.1, 0.15) is 0 Å². The molecule has 5 heteroatoms. The highest BCUT2D eigenvalue weighted by molar-refractivity contribution is 5.86. The van der Waals surface area contributed by atoms with E-state index in [2.05, 4.69) is 6.58 Å². The minimum Gasteiger partial charge on any atom is -0.481 e. The molecule has 1 N–H and O–H groups in total. The van der Waals surface area contributed by atoms with Gasteiger partial charge in [-0.3, -0.25) is 9.59 Å². The zero-order valence-corrected chi connectivity index (χ0v) is 12.1. The Morgan fingerprint density at radius 3 is 2.55 bits per heavy atom. The van der Waals surface area contributed by atoms with Gasteiger partial charge in [0.05, 0.1) is 17.4 Å². The number of carboxylic acid groups (broad SMARTS) is 1. The largest absolute Gasteiger partial charge is 0.481 e. The highest BCUT2D eigenvalue weighted by Gasteiger charge is 2.54. The molecule has 1 saturated carbocycles. The minimum absolute atomic E-state index is 0.0636. The Balaban J connectivity index is 2.12. The molecule has 2 aliphatic rings. The second-order valence-electron chi connectivity index (χ2n) is 6.12. The fraction of sp³-hybridized carbons (Fsp3) is 0.733. The van der Waals surface area contributed by atoms with E-state index in [-0.39, 0.29) is 11.3 Å². The molecule has 1 atom stereocenters. The Morgan fingerprint density at radius 2 is 2.05 bits per heavy atom. The van der Waals surface area contributed by atoms with Crippen LogP contribution in [0.15, 0.2) is 12.7 Å². The molecule has 1 saturated heterocycles. The summed E-state index contributed by atoms with van der Waals surface area (Å²) < 4.78 is 5.15. The number of amides is 1. The van der Waals surface area contributed by atoms with Crippen LogP contribution in [0, 0.1) is 10.8 Å². The van der Waals surface area contributed by atoms with Gasteiger partial charge in [0, 0.05) is 20.2 Å². The van der Waals surface area contributed by atoms with Crippen LogP contribution in [-0.4, -0.2) is 48.7 Å². The maximum Gasteiger partial charge on any atom is 0.311 e. The molecule has 112 valence electrons. The summed E-state index contributed by atoms with van der Waals surface area (Å²) in [5.41, 5.74) is -1.25. The second-order valence-corrected chi connectivity index (χ2v) is 6.12. The van der Waals surface area contributed by atoms with Crippen molar-refractivity contribution in [1.82, 2.24) is 4.90 Å². The van der Waals surface area contributed by atoms with E-state index >= 15 is 0 Å². The summed E-state index contributed by atoms with van der Waals surface area (Å²) in [7, 11) is 1.60. The predicted octanol–water partition coefficient (Wildman–Crippen LogP) is 1.68. The van der Waals surface area contributed by atoms with Crippen LogP contribution in [0.4, 0.5) is 0 Å². The van der Waals surface area contributed by atoms with Crippen molar-refractivity contribution in [3.05, 3.63) is 12.7 Å². The molecule has 1 amide bonds. The van der Waals surface area contributed by atoms with Gasteiger partial charge >= 0.3 is 5.97 Å². The normalized spacial score (nSPS) is 27.9. The molecule has 0 aromatic carbocycles. The van der Waals surface area contributed by atoms with Crippen molar-refractivity contribution >= 4 is 11.9 Å². The van der Waals surface area contributed by atoms with E-state index in [0.29, 0.717) is 32.5 Å². The molecule has 1 aliphatic carbocycles. The molecule has 0 radical (unpaired) electrons. The average Bonchev–Trinajstić information content (AvgIpc) is 3.20. The van der Waals surface area contributed by atoms with Gasteiger partial charge in [-0.2, -0.15) is 0 Å². The van der Waals surface area contributed by atoms with E-state index in [0.717, 1.165) is 19.3 Å². The number of carbonyl (C=O) groups is 2. The molecule has 0 aromatic rings. The van der Waals surface area contributed by atoms with Gasteiger partial charge in [0.15, 0.2) is 0 Å². The van der Waals surface area contributed by atoms with Crippen LogP contribution < -0.4 is 0 Å². The lowest BCUT2D eigenvalue weighted by molar-refractivity contribution is -0.156. The summed E-state index contributed by atoms with van der Waals surface area (Å²) >= 11 is 0. The van der Waals surface area contributed by atoms with Gasteiger partial charge in [-0.25, -0.2) is 0 Å². The van der Waals surface area contributed by atoms with Crippen LogP contribution >= 0.6 is 0 Å². The van der Waals surface area contributed by atoms with Crippen molar-refractivity contribution in [2.75, 3.05) is 26.8 Å². The number of ether oxygens (including phenoxy) is 1. The summed E-state index contributed by atoms with van der Waals surface area (Å²) in [4.78, 5) is 26.0. The number of allylic oxidation sites excluding steroid dienone is 1. The third-order valence-corrected chi connectivity index (χ3v) is 4.58. The lowest BCUT2D eigenvalue weighted by atomic mass is 9.77. The second kappa shape index (κ2) is 5.56. The summed E-state index contributed by atoms with van der Waals surface area (Å²) in [5, 5.41) is 9.53. The van der Waals surface area contributed by atoms with Gasteiger partial charge in [-0.15, -0.1) is 6.58 Å². The zero-order valence-electron chi connectivity index (χ0n) is 12.1. The van der Waals surface area contributed by atoms with E-state index in [4.69, 9.17) is 4.74 Å². The number of hydrogen-bond donors (Lipinski definition) is 1. The van der Waals surface area contributed by atoms with E-state index in [1.807, 2.05) is 0 Å². The van der Waals surface area contributed by atoms with E-state index in [1.165, 1.54) is 0 Å². The molecule has 20 heavy (non-hydrogen) atoms. The number of piperidine rings is 1. The monoisotopic (exact) mass is 281 g/mol. The average molecular weight is 281 g/mol. The molecule has 0 aromatic heterocycles. The number of methoxy groups -OCH3 is 1. The van der Waals surface area contributed by atoms with E-state index in [1.54, 1.807) is 18.1 Å². The Morgan fingerprint density at radius 1 is 1.35 bits per heavy atom. The van der Waals surface area contributed by atoms with Gasteiger partial charge in [-0.1, -0.05) is 6.08 Å². The minimum atomic E-state index is -0.862. The predicted molar refractivity (Wildman–Crippen MR) is 74.2 cm³/mol. The summed E-state index contributed by atoms with van der Waals surface area (Å²) in [6.07, 6.45) is 5.08. The number of nitrogens with zero attached hydrogens (tertiary/aromatic N) is 1. The number of likely N-dealkylation sites (tertiary alicyclic amines) is 1. The van der Waals surface area contributed by atoms with Crippen molar-refractivity contribution in [3.8, 4) is 0 Å². The lowest BCUT2D eigenvalue weighted by Crippen LogP contribution is -2.52. The smallest absolute Gasteiger partial charge is 0.311 e. The molecule has 2 rings (SSSR count). The molecular weight excluding hydrogens is 258 g/mol. The van der Waals surface area contributed by atoms with Crippen molar-refractivity contribution in [2.45, 2.75) is 32.1 Å². The van der Waals surface area contributed by atoms with Crippen molar-refractivity contribution in [3.63, 3.8) is 0 Å². The molecule has 5 nitrogen and oxygen atoms in total.